The predicted octanol–water partition coefficient (Wildman–Crippen LogP) is 3.52. The van der Waals surface area contributed by atoms with Gasteiger partial charge in [0, 0.05) is 31.1 Å². The van der Waals surface area contributed by atoms with E-state index in [-0.39, 0.29) is 30.7 Å². The Morgan fingerprint density at radius 3 is 2.48 bits per heavy atom. The molecule has 2 bridgehead atoms. The molecule has 0 spiro atoms. The van der Waals surface area contributed by atoms with Crippen molar-refractivity contribution < 1.29 is 4.79 Å². The number of nitrogens with zero attached hydrogens (tertiary/aromatic N) is 1. The van der Waals surface area contributed by atoms with E-state index in [0.717, 1.165) is 25.4 Å². The van der Waals surface area contributed by atoms with Gasteiger partial charge in [-0.15, -0.1) is 24.8 Å². The Labute approximate surface area is 166 Å². The zero-order valence-corrected chi connectivity index (χ0v) is 17.3. The highest BCUT2D eigenvalue weighted by Crippen LogP contribution is 2.32. The summed E-state index contributed by atoms with van der Waals surface area (Å²) in [5.74, 6) is 0.894. The van der Waals surface area contributed by atoms with E-state index >= 15 is 0 Å². The van der Waals surface area contributed by atoms with E-state index < -0.39 is 0 Å². The first-order chi connectivity index (χ1) is 11.2. The zero-order chi connectivity index (χ0) is 16.1. The van der Waals surface area contributed by atoms with Crippen molar-refractivity contribution in [3.05, 3.63) is 0 Å². The molecule has 2 N–H and O–H groups in total. The van der Waals surface area contributed by atoms with Crippen LogP contribution in [0.1, 0.15) is 71.1 Å². The van der Waals surface area contributed by atoms with Gasteiger partial charge in [-0.25, -0.2) is 0 Å². The van der Waals surface area contributed by atoms with Gasteiger partial charge in [0.05, 0.1) is 0 Å². The molecule has 148 valence electrons. The average Bonchev–Trinajstić information content (AvgIpc) is 2.87. The molecule has 0 saturated carbocycles. The number of halogens is 2. The van der Waals surface area contributed by atoms with Crippen LogP contribution in [0.5, 0.6) is 0 Å². The van der Waals surface area contributed by atoms with Crippen molar-refractivity contribution in [2.75, 3.05) is 19.6 Å². The molecule has 3 aliphatic rings. The van der Waals surface area contributed by atoms with Crippen LogP contribution in [0.2, 0.25) is 0 Å². The highest BCUT2D eigenvalue weighted by Gasteiger charge is 2.34. The fourth-order valence-electron chi connectivity index (χ4n) is 4.83. The van der Waals surface area contributed by atoms with Crippen LogP contribution in [0.25, 0.3) is 0 Å². The molecule has 3 atom stereocenters. The SMILES string of the molecule is CC1CCCCN1CCCCNC(=O)CC1CC2CCC(C1)N2.Cl.Cl. The lowest BCUT2D eigenvalue weighted by molar-refractivity contribution is -0.122. The summed E-state index contributed by atoms with van der Waals surface area (Å²) in [6, 6.07) is 2.14. The van der Waals surface area contributed by atoms with Gasteiger partial charge in [-0.3, -0.25) is 4.79 Å². The van der Waals surface area contributed by atoms with Crippen LogP contribution in [-0.4, -0.2) is 48.6 Å². The van der Waals surface area contributed by atoms with Gasteiger partial charge in [-0.2, -0.15) is 0 Å². The maximum absolute atomic E-state index is 12.1. The molecule has 0 aromatic heterocycles. The summed E-state index contributed by atoms with van der Waals surface area (Å²) < 4.78 is 0. The Morgan fingerprint density at radius 1 is 1.08 bits per heavy atom. The number of unbranched alkanes of at least 4 members (excludes halogenated alkanes) is 1. The smallest absolute Gasteiger partial charge is 0.220 e. The number of carbonyl (C=O) groups is 1. The minimum absolute atomic E-state index is 0. The van der Waals surface area contributed by atoms with Crippen LogP contribution in [-0.2, 0) is 4.79 Å². The quantitative estimate of drug-likeness (QED) is 0.650. The second-order valence-corrected chi connectivity index (χ2v) is 8.12. The Bertz CT molecular complexity index is 385. The van der Waals surface area contributed by atoms with Crippen molar-refractivity contribution in [1.82, 2.24) is 15.5 Å². The standard InChI is InChI=1S/C19H35N3O.2ClH/c1-15-6-2-4-10-22(15)11-5-3-9-20-19(23)14-16-12-17-7-8-18(13-16)21-17;;/h15-18,21H,2-14H2,1H3,(H,20,23);2*1H. The van der Waals surface area contributed by atoms with Gasteiger partial charge in [0.1, 0.15) is 0 Å². The molecular weight excluding hydrogens is 357 g/mol. The number of rotatable bonds is 7. The van der Waals surface area contributed by atoms with Crippen molar-refractivity contribution in [2.45, 2.75) is 89.3 Å². The van der Waals surface area contributed by atoms with Crippen molar-refractivity contribution in [3.63, 3.8) is 0 Å². The second kappa shape index (κ2) is 11.6. The van der Waals surface area contributed by atoms with E-state index in [1.807, 2.05) is 0 Å². The minimum atomic E-state index is 0. The molecule has 3 heterocycles. The summed E-state index contributed by atoms with van der Waals surface area (Å²) in [4.78, 5) is 14.7. The number of likely N-dealkylation sites (tertiary alicyclic amines) is 1. The van der Waals surface area contributed by atoms with Crippen LogP contribution in [0, 0.1) is 5.92 Å². The molecule has 3 saturated heterocycles. The summed E-state index contributed by atoms with van der Waals surface area (Å²) in [6.07, 6.45) is 12.2. The third-order valence-electron chi connectivity index (χ3n) is 6.18. The number of piperidine rings is 2. The molecule has 0 aromatic rings. The maximum Gasteiger partial charge on any atom is 0.220 e. The van der Waals surface area contributed by atoms with Crippen LogP contribution >= 0.6 is 24.8 Å². The fraction of sp³-hybridized carbons (Fsp3) is 0.947. The van der Waals surface area contributed by atoms with Crippen molar-refractivity contribution in [2.24, 2.45) is 5.92 Å². The summed E-state index contributed by atoms with van der Waals surface area (Å²) >= 11 is 0. The minimum Gasteiger partial charge on any atom is -0.356 e. The predicted molar refractivity (Wildman–Crippen MR) is 109 cm³/mol. The first kappa shape index (κ1) is 23.0. The number of fused-ring (bicyclic) bond motifs is 2. The molecule has 6 heteroatoms. The molecule has 3 unspecified atom stereocenters. The van der Waals surface area contributed by atoms with Crippen LogP contribution in [0.3, 0.4) is 0 Å². The first-order valence-electron chi connectivity index (χ1n) is 9.97. The van der Waals surface area contributed by atoms with Gasteiger partial charge in [-0.1, -0.05) is 6.42 Å². The molecule has 25 heavy (non-hydrogen) atoms. The topological polar surface area (TPSA) is 44.4 Å². The van der Waals surface area contributed by atoms with Crippen molar-refractivity contribution in [3.8, 4) is 0 Å². The fourth-order valence-corrected chi connectivity index (χ4v) is 4.83. The van der Waals surface area contributed by atoms with Gasteiger partial charge in [0.25, 0.3) is 0 Å². The number of hydrogen-bond acceptors (Lipinski definition) is 3. The van der Waals surface area contributed by atoms with Crippen LogP contribution in [0.4, 0.5) is 0 Å². The highest BCUT2D eigenvalue weighted by molar-refractivity contribution is 5.85. The number of nitrogens with one attached hydrogen (secondary N) is 2. The van der Waals surface area contributed by atoms with Gasteiger partial charge >= 0.3 is 0 Å². The molecule has 0 radical (unpaired) electrons. The molecule has 0 aromatic carbocycles. The molecule has 3 rings (SSSR count). The Morgan fingerprint density at radius 2 is 1.80 bits per heavy atom. The van der Waals surface area contributed by atoms with E-state index in [1.54, 1.807) is 0 Å². The highest BCUT2D eigenvalue weighted by atomic mass is 35.5. The zero-order valence-electron chi connectivity index (χ0n) is 15.7. The third-order valence-corrected chi connectivity index (χ3v) is 6.18. The van der Waals surface area contributed by atoms with Gasteiger partial charge in [-0.05, 0) is 77.3 Å². The normalized spacial score (nSPS) is 31.7. The van der Waals surface area contributed by atoms with Crippen LogP contribution in [0.15, 0.2) is 0 Å². The van der Waals surface area contributed by atoms with Gasteiger partial charge in [0.15, 0.2) is 0 Å². The van der Waals surface area contributed by atoms with E-state index in [0.29, 0.717) is 18.0 Å². The number of amides is 1. The van der Waals surface area contributed by atoms with E-state index in [1.165, 1.54) is 64.5 Å². The van der Waals surface area contributed by atoms with Gasteiger partial charge in [0.2, 0.25) is 5.91 Å². The summed E-state index contributed by atoms with van der Waals surface area (Å²) in [5, 5.41) is 6.80. The van der Waals surface area contributed by atoms with Crippen molar-refractivity contribution >= 4 is 30.7 Å². The Hall–Kier alpha value is -0.0300. The molecule has 3 aliphatic heterocycles. The van der Waals surface area contributed by atoms with E-state index in [4.69, 9.17) is 0 Å². The first-order valence-corrected chi connectivity index (χ1v) is 9.97. The molecule has 0 aliphatic carbocycles. The van der Waals surface area contributed by atoms with E-state index in [9.17, 15) is 4.79 Å². The lowest BCUT2D eigenvalue weighted by Crippen LogP contribution is -2.40. The van der Waals surface area contributed by atoms with Gasteiger partial charge < -0.3 is 15.5 Å². The molecule has 4 nitrogen and oxygen atoms in total. The lowest BCUT2D eigenvalue weighted by Gasteiger charge is -2.33. The number of hydrogen-bond donors (Lipinski definition) is 2. The molecular formula is C19H37Cl2N3O. The largest absolute Gasteiger partial charge is 0.356 e. The maximum atomic E-state index is 12.1. The molecule has 1 amide bonds. The van der Waals surface area contributed by atoms with E-state index in [2.05, 4.69) is 22.5 Å². The average molecular weight is 394 g/mol. The monoisotopic (exact) mass is 393 g/mol. The molecule has 3 fully saturated rings. The summed E-state index contributed by atoms with van der Waals surface area (Å²) in [7, 11) is 0. The second-order valence-electron chi connectivity index (χ2n) is 8.12. The van der Waals surface area contributed by atoms with Crippen molar-refractivity contribution in [1.29, 1.82) is 0 Å². The third kappa shape index (κ3) is 7.24. The lowest BCUT2D eigenvalue weighted by atomic mass is 9.89. The number of carbonyl (C=O) groups excluding carboxylic acids is 1. The Balaban J connectivity index is 0.00000156. The van der Waals surface area contributed by atoms with Crippen LogP contribution < -0.4 is 10.6 Å². The Kier molecular flexibility index (Phi) is 10.7. The summed E-state index contributed by atoms with van der Waals surface area (Å²) in [6.45, 7) is 5.69. The summed E-state index contributed by atoms with van der Waals surface area (Å²) in [5.41, 5.74) is 0.